The average molecular weight is 228 g/mol. The maximum atomic E-state index is 12.1. The molecular weight excluding hydrogens is 204 g/mol. The lowest BCUT2D eigenvalue weighted by Gasteiger charge is -2.24. The molecule has 0 aliphatic rings. The Bertz CT molecular complexity index is 232. The Hall–Kier alpha value is -0.573. The normalized spacial score (nSPS) is 13.3. The number of rotatable bonds is 6. The molecule has 1 N–H and O–H groups in total. The first-order chi connectivity index (χ1) is 6.93. The second-order valence-electron chi connectivity index (χ2n) is 4.43. The van der Waals surface area contributed by atoms with E-state index in [9.17, 15) is 9.90 Å². The van der Waals surface area contributed by atoms with Gasteiger partial charge in [0.1, 0.15) is 13.5 Å². The Balaban J connectivity index is 4.89. The summed E-state index contributed by atoms with van der Waals surface area (Å²) in [4.78, 5) is 12.1. The van der Waals surface area contributed by atoms with E-state index in [-0.39, 0.29) is 17.1 Å². The van der Waals surface area contributed by atoms with Crippen LogP contribution in [-0.4, -0.2) is 18.6 Å². The van der Waals surface area contributed by atoms with Crippen LogP contribution in [0.1, 0.15) is 34.6 Å². The van der Waals surface area contributed by atoms with E-state index in [1.807, 2.05) is 13.8 Å². The Morgan fingerprint density at radius 3 is 1.87 bits per heavy atom. The van der Waals surface area contributed by atoms with Gasteiger partial charge in [-0.05, 0) is 0 Å². The molecule has 88 valence electrons. The van der Waals surface area contributed by atoms with Crippen molar-refractivity contribution in [3.63, 3.8) is 0 Å². The molecule has 0 fully saturated rings. The number of aliphatic hydroxyl groups is 1. The van der Waals surface area contributed by atoms with Crippen LogP contribution in [0, 0.1) is 5.92 Å². The molecule has 0 aromatic heterocycles. The third kappa shape index (κ3) is 3.49. The molecule has 0 aliphatic carbocycles. The fourth-order valence-corrected chi connectivity index (χ4v) is 4.73. The Kier molecular flexibility index (Phi) is 5.87. The standard InChI is InChI=1S/C12H24O2Si/c1-6-15(7-2,8-3)12(14)9-11(13)10(4)5/h9-10,13H,6-8H2,1-5H3/b11-9-. The third-order valence-electron chi connectivity index (χ3n) is 3.42. The van der Waals surface area contributed by atoms with Crippen molar-refractivity contribution >= 4 is 13.5 Å². The van der Waals surface area contributed by atoms with E-state index in [1.165, 1.54) is 6.08 Å². The molecule has 0 saturated carbocycles. The molecule has 0 radical (unpaired) electrons. The van der Waals surface area contributed by atoms with Crippen LogP contribution in [0.5, 0.6) is 0 Å². The van der Waals surface area contributed by atoms with Crippen LogP contribution in [0.25, 0.3) is 0 Å². The summed E-state index contributed by atoms with van der Waals surface area (Å²) in [6.07, 6.45) is 1.48. The zero-order chi connectivity index (χ0) is 12.1. The van der Waals surface area contributed by atoms with Crippen molar-refractivity contribution in [1.29, 1.82) is 0 Å². The second-order valence-corrected chi connectivity index (χ2v) is 9.60. The van der Waals surface area contributed by atoms with Crippen molar-refractivity contribution in [3.8, 4) is 0 Å². The smallest absolute Gasteiger partial charge is 0.137 e. The topological polar surface area (TPSA) is 37.3 Å². The summed E-state index contributed by atoms with van der Waals surface area (Å²) >= 11 is 0. The summed E-state index contributed by atoms with van der Waals surface area (Å²) in [5, 5.41) is 9.82. The van der Waals surface area contributed by atoms with E-state index < -0.39 is 8.07 Å². The van der Waals surface area contributed by atoms with Crippen LogP contribution >= 0.6 is 0 Å². The molecular formula is C12H24O2Si. The van der Waals surface area contributed by atoms with Crippen LogP contribution in [0.2, 0.25) is 18.1 Å². The van der Waals surface area contributed by atoms with Gasteiger partial charge in [-0.3, -0.25) is 0 Å². The Morgan fingerprint density at radius 1 is 1.20 bits per heavy atom. The molecule has 0 unspecified atom stereocenters. The summed E-state index contributed by atoms with van der Waals surface area (Å²) in [6, 6.07) is 2.92. The molecule has 3 heteroatoms. The quantitative estimate of drug-likeness (QED) is 0.427. The summed E-state index contributed by atoms with van der Waals surface area (Å²) < 4.78 is 0. The minimum atomic E-state index is -1.80. The molecule has 0 aliphatic heterocycles. The van der Waals surface area contributed by atoms with Gasteiger partial charge in [-0.25, -0.2) is 0 Å². The molecule has 0 aromatic rings. The van der Waals surface area contributed by atoms with Crippen molar-refractivity contribution in [1.82, 2.24) is 0 Å². The number of carbonyl (C=O) groups excluding carboxylic acids is 1. The van der Waals surface area contributed by atoms with Gasteiger partial charge in [-0.1, -0.05) is 52.8 Å². The average Bonchev–Trinajstić information content (AvgIpc) is 2.21. The maximum absolute atomic E-state index is 12.1. The predicted molar refractivity (Wildman–Crippen MR) is 67.8 cm³/mol. The van der Waals surface area contributed by atoms with E-state index in [2.05, 4.69) is 20.8 Å². The van der Waals surface area contributed by atoms with Gasteiger partial charge in [0.15, 0.2) is 0 Å². The van der Waals surface area contributed by atoms with Gasteiger partial charge in [-0.2, -0.15) is 0 Å². The number of hydrogen-bond acceptors (Lipinski definition) is 2. The van der Waals surface area contributed by atoms with E-state index >= 15 is 0 Å². The van der Waals surface area contributed by atoms with Gasteiger partial charge >= 0.3 is 0 Å². The zero-order valence-corrected chi connectivity index (χ0v) is 11.6. The maximum Gasteiger partial charge on any atom is 0.137 e. The number of carbonyl (C=O) groups is 1. The molecule has 0 heterocycles. The Labute approximate surface area is 94.4 Å². The van der Waals surface area contributed by atoms with E-state index in [4.69, 9.17) is 0 Å². The Morgan fingerprint density at radius 2 is 1.60 bits per heavy atom. The molecule has 0 rings (SSSR count). The van der Waals surface area contributed by atoms with Crippen molar-refractivity contribution in [2.45, 2.75) is 52.8 Å². The fraction of sp³-hybridized carbons (Fsp3) is 0.750. The van der Waals surface area contributed by atoms with Crippen LogP contribution in [-0.2, 0) is 4.79 Å². The van der Waals surface area contributed by atoms with Crippen molar-refractivity contribution in [3.05, 3.63) is 11.8 Å². The summed E-state index contributed by atoms with van der Waals surface area (Å²) in [6.45, 7) is 10.1. The van der Waals surface area contributed by atoms with E-state index in [0.717, 1.165) is 18.1 Å². The SMILES string of the molecule is CC[Si](CC)(CC)C(=O)/C=C(\O)C(C)C. The predicted octanol–water partition coefficient (Wildman–Crippen LogP) is 3.70. The second kappa shape index (κ2) is 6.11. The summed E-state index contributed by atoms with van der Waals surface area (Å²) in [7, 11) is -1.80. The first kappa shape index (κ1) is 14.4. The number of hydrogen-bond donors (Lipinski definition) is 1. The molecule has 0 spiro atoms. The van der Waals surface area contributed by atoms with Gasteiger partial charge in [-0.15, -0.1) is 0 Å². The molecule has 15 heavy (non-hydrogen) atoms. The highest BCUT2D eigenvalue weighted by molar-refractivity contribution is 7.07. The number of aliphatic hydroxyl groups excluding tert-OH is 1. The molecule has 0 aromatic carbocycles. The van der Waals surface area contributed by atoms with Crippen LogP contribution in [0.15, 0.2) is 11.8 Å². The highest BCUT2D eigenvalue weighted by Crippen LogP contribution is 2.22. The van der Waals surface area contributed by atoms with E-state index in [1.54, 1.807) is 0 Å². The van der Waals surface area contributed by atoms with Crippen molar-refractivity contribution in [2.24, 2.45) is 5.92 Å². The minimum Gasteiger partial charge on any atom is -0.512 e. The molecule has 0 saturated heterocycles. The van der Waals surface area contributed by atoms with Gasteiger partial charge < -0.3 is 9.90 Å². The lowest BCUT2D eigenvalue weighted by Crippen LogP contribution is -2.41. The molecule has 2 nitrogen and oxygen atoms in total. The first-order valence-electron chi connectivity index (χ1n) is 5.88. The van der Waals surface area contributed by atoms with Crippen molar-refractivity contribution < 1.29 is 9.90 Å². The largest absolute Gasteiger partial charge is 0.512 e. The molecule has 0 atom stereocenters. The lowest BCUT2D eigenvalue weighted by molar-refractivity contribution is -0.109. The van der Waals surface area contributed by atoms with Gasteiger partial charge in [0.2, 0.25) is 0 Å². The van der Waals surface area contributed by atoms with E-state index in [0.29, 0.717) is 0 Å². The van der Waals surface area contributed by atoms with Crippen molar-refractivity contribution in [2.75, 3.05) is 0 Å². The highest BCUT2D eigenvalue weighted by atomic mass is 28.3. The van der Waals surface area contributed by atoms with Gasteiger partial charge in [0.25, 0.3) is 0 Å². The summed E-state index contributed by atoms with van der Waals surface area (Å²) in [5.41, 5.74) is 0. The van der Waals surface area contributed by atoms with Crippen LogP contribution in [0.3, 0.4) is 0 Å². The first-order valence-corrected chi connectivity index (χ1v) is 8.50. The number of allylic oxidation sites excluding steroid dienone is 2. The van der Waals surface area contributed by atoms with Crippen LogP contribution < -0.4 is 0 Å². The third-order valence-corrected chi connectivity index (χ3v) is 8.67. The van der Waals surface area contributed by atoms with Gasteiger partial charge in [0, 0.05) is 12.0 Å². The monoisotopic (exact) mass is 228 g/mol. The lowest BCUT2D eigenvalue weighted by atomic mass is 10.2. The highest BCUT2D eigenvalue weighted by Gasteiger charge is 2.34. The van der Waals surface area contributed by atoms with Crippen LogP contribution in [0.4, 0.5) is 0 Å². The molecule has 0 bridgehead atoms. The summed E-state index contributed by atoms with van der Waals surface area (Å²) in [5.74, 6) is 0.276. The minimum absolute atomic E-state index is 0.0474. The molecule has 0 amide bonds. The zero-order valence-electron chi connectivity index (χ0n) is 10.6. The fourth-order valence-electron chi connectivity index (χ4n) is 1.73. The van der Waals surface area contributed by atoms with Gasteiger partial charge in [0.05, 0.1) is 5.76 Å².